The molecule has 0 unspecified atom stereocenters. The summed E-state index contributed by atoms with van der Waals surface area (Å²) < 4.78 is 1.39. The Morgan fingerprint density at radius 2 is 1.96 bits per heavy atom. The van der Waals surface area contributed by atoms with Crippen molar-refractivity contribution in [2.24, 2.45) is 0 Å². The van der Waals surface area contributed by atoms with Crippen LogP contribution in [0.25, 0.3) is 11.4 Å². The van der Waals surface area contributed by atoms with Crippen molar-refractivity contribution in [3.63, 3.8) is 0 Å². The first-order chi connectivity index (χ1) is 12.0. The number of halogens is 1. The number of benzene rings is 1. The van der Waals surface area contributed by atoms with Gasteiger partial charge >= 0.3 is 0 Å². The Morgan fingerprint density at radius 1 is 1.28 bits per heavy atom. The number of rotatable bonds is 4. The molecule has 0 saturated carbocycles. The van der Waals surface area contributed by atoms with E-state index in [9.17, 15) is 4.79 Å². The van der Waals surface area contributed by atoms with Gasteiger partial charge in [-0.3, -0.25) is 4.79 Å². The standard InChI is InChI=1S/C17H22ClN5OS/c1-11-6-5-7-12(2)22(11)15(24)10-25-17-21-20-16(23(17)19)13-8-3-4-9-14(13)18/h3-4,8-9,11-12H,5-7,10,19H2,1-2H3/t11-,12+. The fraction of sp³-hybridized carbons (Fsp3) is 0.471. The minimum Gasteiger partial charge on any atom is -0.337 e. The van der Waals surface area contributed by atoms with E-state index in [-0.39, 0.29) is 18.0 Å². The summed E-state index contributed by atoms with van der Waals surface area (Å²) >= 11 is 7.50. The molecule has 2 N–H and O–H groups in total. The zero-order valence-electron chi connectivity index (χ0n) is 14.4. The number of thioether (sulfide) groups is 1. The van der Waals surface area contributed by atoms with Crippen LogP contribution in [0.5, 0.6) is 0 Å². The maximum Gasteiger partial charge on any atom is 0.233 e. The lowest BCUT2D eigenvalue weighted by molar-refractivity contribution is -0.134. The number of nitrogens with zero attached hydrogens (tertiary/aromatic N) is 4. The third-order valence-electron chi connectivity index (χ3n) is 4.59. The van der Waals surface area contributed by atoms with Crippen molar-refractivity contribution >= 4 is 29.3 Å². The number of nitrogen functional groups attached to an aromatic ring is 1. The Balaban J connectivity index is 1.70. The van der Waals surface area contributed by atoms with Gasteiger partial charge in [0.15, 0.2) is 5.82 Å². The van der Waals surface area contributed by atoms with Crippen molar-refractivity contribution in [2.75, 3.05) is 11.6 Å². The van der Waals surface area contributed by atoms with Gasteiger partial charge in [0, 0.05) is 17.6 Å². The van der Waals surface area contributed by atoms with Crippen LogP contribution < -0.4 is 5.84 Å². The minimum atomic E-state index is 0.118. The molecule has 1 fully saturated rings. The lowest BCUT2D eigenvalue weighted by Crippen LogP contribution is -2.48. The van der Waals surface area contributed by atoms with Crippen LogP contribution in [0, 0.1) is 0 Å². The second-order valence-corrected chi connectivity index (χ2v) is 7.72. The monoisotopic (exact) mass is 379 g/mol. The number of carbonyl (C=O) groups is 1. The molecule has 25 heavy (non-hydrogen) atoms. The zero-order chi connectivity index (χ0) is 18.0. The van der Waals surface area contributed by atoms with E-state index in [0.717, 1.165) is 18.4 Å². The first kappa shape index (κ1) is 18.1. The summed E-state index contributed by atoms with van der Waals surface area (Å²) in [6.45, 7) is 4.22. The van der Waals surface area contributed by atoms with Gasteiger partial charge in [0.2, 0.25) is 11.1 Å². The van der Waals surface area contributed by atoms with Gasteiger partial charge in [-0.2, -0.15) is 0 Å². The van der Waals surface area contributed by atoms with Crippen LogP contribution in [-0.2, 0) is 4.79 Å². The molecule has 2 aromatic rings. The van der Waals surface area contributed by atoms with E-state index in [1.165, 1.54) is 22.9 Å². The van der Waals surface area contributed by atoms with Crippen LogP contribution in [0.2, 0.25) is 5.02 Å². The van der Waals surface area contributed by atoms with Crippen LogP contribution in [0.1, 0.15) is 33.1 Å². The van der Waals surface area contributed by atoms with E-state index in [0.29, 0.717) is 21.8 Å². The van der Waals surface area contributed by atoms with E-state index < -0.39 is 0 Å². The number of aromatic nitrogens is 3. The van der Waals surface area contributed by atoms with Crippen molar-refractivity contribution in [1.29, 1.82) is 0 Å². The fourth-order valence-electron chi connectivity index (χ4n) is 3.32. The summed E-state index contributed by atoms with van der Waals surface area (Å²) in [5, 5.41) is 9.30. The normalized spacial score (nSPS) is 20.7. The predicted molar refractivity (Wildman–Crippen MR) is 101 cm³/mol. The van der Waals surface area contributed by atoms with Crippen molar-refractivity contribution in [3.8, 4) is 11.4 Å². The van der Waals surface area contributed by atoms with Gasteiger partial charge in [0.05, 0.1) is 10.8 Å². The van der Waals surface area contributed by atoms with Crippen LogP contribution in [0.3, 0.4) is 0 Å². The highest BCUT2D eigenvalue weighted by molar-refractivity contribution is 7.99. The Hall–Kier alpha value is -1.73. The van der Waals surface area contributed by atoms with Gasteiger partial charge in [0.25, 0.3) is 0 Å². The predicted octanol–water partition coefficient (Wildman–Crippen LogP) is 3.19. The van der Waals surface area contributed by atoms with Crippen molar-refractivity contribution < 1.29 is 4.79 Å². The molecule has 6 nitrogen and oxygen atoms in total. The molecule has 8 heteroatoms. The average Bonchev–Trinajstić information content (AvgIpc) is 2.94. The lowest BCUT2D eigenvalue weighted by Gasteiger charge is -2.39. The summed E-state index contributed by atoms with van der Waals surface area (Å²) in [5.74, 6) is 7.01. The number of carbonyl (C=O) groups excluding carboxylic acids is 1. The molecule has 1 saturated heterocycles. The quantitative estimate of drug-likeness (QED) is 0.652. The molecule has 134 valence electrons. The van der Waals surface area contributed by atoms with Gasteiger partial charge in [-0.15, -0.1) is 10.2 Å². The Morgan fingerprint density at radius 3 is 2.64 bits per heavy atom. The SMILES string of the molecule is C[C@@H]1CCC[C@H](C)N1C(=O)CSc1nnc(-c2ccccc2Cl)n1N. The van der Waals surface area contributed by atoms with Crippen molar-refractivity contribution in [1.82, 2.24) is 19.8 Å². The molecule has 3 rings (SSSR count). The third kappa shape index (κ3) is 3.77. The van der Waals surface area contributed by atoms with Gasteiger partial charge in [-0.1, -0.05) is 35.5 Å². The maximum absolute atomic E-state index is 12.6. The molecular weight excluding hydrogens is 358 g/mol. The molecule has 2 heterocycles. The first-order valence-electron chi connectivity index (χ1n) is 8.38. The summed E-state index contributed by atoms with van der Waals surface area (Å²) in [5.41, 5.74) is 0.718. The molecule has 0 bridgehead atoms. The summed E-state index contributed by atoms with van der Waals surface area (Å²) in [6, 6.07) is 7.90. The highest BCUT2D eigenvalue weighted by Crippen LogP contribution is 2.28. The Bertz CT molecular complexity index is 755. The third-order valence-corrected chi connectivity index (χ3v) is 5.84. The zero-order valence-corrected chi connectivity index (χ0v) is 15.9. The number of piperidine rings is 1. The summed E-state index contributed by atoms with van der Waals surface area (Å²) in [6.07, 6.45) is 3.30. The van der Waals surface area contributed by atoms with Crippen LogP contribution in [0.15, 0.2) is 29.4 Å². The van der Waals surface area contributed by atoms with E-state index in [4.69, 9.17) is 17.4 Å². The summed E-state index contributed by atoms with van der Waals surface area (Å²) in [4.78, 5) is 14.6. The fourth-order valence-corrected chi connectivity index (χ4v) is 4.26. The molecule has 1 aromatic carbocycles. The summed E-state index contributed by atoms with van der Waals surface area (Å²) in [7, 11) is 0. The first-order valence-corrected chi connectivity index (χ1v) is 9.74. The van der Waals surface area contributed by atoms with Gasteiger partial charge < -0.3 is 10.7 Å². The van der Waals surface area contributed by atoms with E-state index in [2.05, 4.69) is 24.0 Å². The van der Waals surface area contributed by atoms with E-state index >= 15 is 0 Å². The highest BCUT2D eigenvalue weighted by atomic mass is 35.5. The molecule has 2 atom stereocenters. The minimum absolute atomic E-state index is 0.118. The molecular formula is C17H22ClN5OS. The van der Waals surface area contributed by atoms with Crippen LogP contribution in [-0.4, -0.2) is 43.5 Å². The second kappa shape index (κ2) is 7.66. The Labute approximate surface area is 156 Å². The number of amides is 1. The van der Waals surface area contributed by atoms with Crippen LogP contribution >= 0.6 is 23.4 Å². The maximum atomic E-state index is 12.6. The number of hydrogen-bond donors (Lipinski definition) is 1. The van der Waals surface area contributed by atoms with Crippen molar-refractivity contribution in [3.05, 3.63) is 29.3 Å². The number of hydrogen-bond acceptors (Lipinski definition) is 5. The van der Waals surface area contributed by atoms with Crippen molar-refractivity contribution in [2.45, 2.75) is 50.4 Å². The topological polar surface area (TPSA) is 77.0 Å². The molecule has 0 aliphatic carbocycles. The molecule has 1 aromatic heterocycles. The Kier molecular flexibility index (Phi) is 5.54. The largest absolute Gasteiger partial charge is 0.337 e. The highest BCUT2D eigenvalue weighted by Gasteiger charge is 2.29. The second-order valence-electron chi connectivity index (χ2n) is 6.37. The molecule has 0 radical (unpaired) electrons. The van der Waals surface area contributed by atoms with E-state index in [1.54, 1.807) is 6.07 Å². The smallest absolute Gasteiger partial charge is 0.233 e. The van der Waals surface area contributed by atoms with Gasteiger partial charge in [0.1, 0.15) is 0 Å². The lowest BCUT2D eigenvalue weighted by atomic mass is 9.98. The molecule has 0 spiro atoms. The van der Waals surface area contributed by atoms with Gasteiger partial charge in [-0.25, -0.2) is 4.68 Å². The number of likely N-dealkylation sites (tertiary alicyclic amines) is 1. The average molecular weight is 380 g/mol. The molecule has 1 amide bonds. The molecule has 1 aliphatic heterocycles. The van der Waals surface area contributed by atoms with E-state index in [1.807, 2.05) is 23.1 Å². The van der Waals surface area contributed by atoms with Gasteiger partial charge in [-0.05, 0) is 45.2 Å². The van der Waals surface area contributed by atoms with Crippen LogP contribution in [0.4, 0.5) is 0 Å². The number of nitrogens with two attached hydrogens (primary N) is 1. The molecule has 1 aliphatic rings.